The van der Waals surface area contributed by atoms with Gasteiger partial charge in [-0.05, 0) is 98.0 Å². The van der Waals surface area contributed by atoms with Crippen molar-refractivity contribution in [1.29, 1.82) is 0 Å². The molecule has 2 saturated heterocycles. The molecule has 0 spiro atoms. The molecule has 8 aromatic rings. The Morgan fingerprint density at radius 3 is 1.30 bits per heavy atom. The minimum absolute atomic E-state index is 0. The summed E-state index contributed by atoms with van der Waals surface area (Å²) in [5.74, 6) is -1.12. The summed E-state index contributed by atoms with van der Waals surface area (Å²) < 4.78 is 0. The lowest BCUT2D eigenvalue weighted by atomic mass is 9.90. The first-order chi connectivity index (χ1) is 35.3. The van der Waals surface area contributed by atoms with Crippen molar-refractivity contribution in [2.45, 2.75) is 20.3 Å². The number of carboxylic acid groups (broad SMARTS) is 2. The number of benzene rings is 6. The molecule has 0 saturated carbocycles. The van der Waals surface area contributed by atoms with Gasteiger partial charge in [0.1, 0.15) is 44.3 Å². The van der Waals surface area contributed by atoms with Gasteiger partial charge in [-0.25, -0.2) is 19.6 Å². The van der Waals surface area contributed by atoms with Crippen LogP contribution in [0.4, 0.5) is 32.8 Å². The van der Waals surface area contributed by atoms with Crippen molar-refractivity contribution in [3.63, 3.8) is 0 Å². The van der Waals surface area contributed by atoms with E-state index in [0.29, 0.717) is 32.7 Å². The standard InChI is InChI=1S/C23H16O6.2C17H20N4S.H2O/c24-20-16(14-7-3-1-5-12(14)9-18(20)22(26)27)11-17-15-8-4-2-6-13(15)10-19(21(17)25)23(28)29;2*1-12-11-13-16(21-9-7-20(2)8-10-21)18-14-5-3-4-6-15(14)19-17(13)22-12;/h1-10,24-25H,11H2,(H,26,27)(H,28,29);2*3-6,11,19H,7-10H2,1-2H3;1H2. The molecule has 0 bridgehead atoms. The number of aliphatic imine (C=N–C) groups is 2. The third kappa shape index (κ3) is 10.5. The highest BCUT2D eigenvalue weighted by atomic mass is 32.1. The molecule has 0 unspecified atom stereocenters. The van der Waals surface area contributed by atoms with E-state index in [9.17, 15) is 30.0 Å². The maximum atomic E-state index is 11.6. The van der Waals surface area contributed by atoms with E-state index in [0.717, 1.165) is 86.8 Å². The van der Waals surface area contributed by atoms with Crippen molar-refractivity contribution >= 4 is 101 Å². The quantitative estimate of drug-likeness (QED) is 0.0973. The largest absolute Gasteiger partial charge is 0.507 e. The number of hydrogen-bond acceptors (Lipinski definition) is 14. The molecule has 0 atom stereocenters. The van der Waals surface area contributed by atoms with Crippen LogP contribution in [0.25, 0.3) is 21.5 Å². The molecule has 4 aliphatic heterocycles. The Morgan fingerprint density at radius 1 is 0.541 bits per heavy atom. The Bertz CT molecular complexity index is 3250. The zero-order chi connectivity index (χ0) is 50.9. The molecule has 12 rings (SSSR count). The highest BCUT2D eigenvalue weighted by Gasteiger charge is 2.28. The second-order valence-electron chi connectivity index (χ2n) is 18.7. The lowest BCUT2D eigenvalue weighted by molar-refractivity contribution is 0.0682. The van der Waals surface area contributed by atoms with E-state index < -0.39 is 23.4 Å². The van der Waals surface area contributed by atoms with Crippen molar-refractivity contribution in [3.05, 3.63) is 164 Å². The van der Waals surface area contributed by atoms with Crippen molar-refractivity contribution in [2.24, 2.45) is 9.98 Å². The van der Waals surface area contributed by atoms with Crippen LogP contribution in [0.2, 0.25) is 0 Å². The number of aromatic carboxylic acids is 2. The average molecular weight is 1030 g/mol. The minimum Gasteiger partial charge on any atom is -0.507 e. The number of aromatic hydroxyl groups is 2. The van der Waals surface area contributed by atoms with Gasteiger partial charge in [-0.2, -0.15) is 0 Å². The Morgan fingerprint density at radius 2 is 0.905 bits per heavy atom. The van der Waals surface area contributed by atoms with Crippen LogP contribution in [-0.2, 0) is 6.42 Å². The number of piperazine rings is 2. The topological polar surface area (TPSA) is 208 Å². The predicted octanol–water partition coefficient (Wildman–Crippen LogP) is 10.4. The number of phenols is 2. The Kier molecular flexibility index (Phi) is 15.0. The Hall–Kier alpha value is -7.80. The monoisotopic (exact) mass is 1030 g/mol. The van der Waals surface area contributed by atoms with Crippen LogP contribution >= 0.6 is 22.7 Å². The maximum Gasteiger partial charge on any atom is 0.339 e. The number of likely N-dealkylation sites (N-methyl/N-ethyl adjacent to an activating group) is 2. The van der Waals surface area contributed by atoms with Crippen molar-refractivity contribution < 1.29 is 35.5 Å². The van der Waals surface area contributed by atoms with Gasteiger partial charge in [0.25, 0.3) is 0 Å². The molecular weight excluding hydrogens is 973 g/mol. The van der Waals surface area contributed by atoms with E-state index in [4.69, 9.17) is 9.98 Å². The fourth-order valence-electron chi connectivity index (χ4n) is 9.70. The molecule has 15 nitrogen and oxygen atoms in total. The number of aryl methyl sites for hydroxylation is 2. The van der Waals surface area contributed by atoms with Gasteiger partial charge in [0, 0.05) is 79.7 Å². The molecule has 2 fully saturated rings. The molecule has 0 radical (unpaired) electrons. The summed E-state index contributed by atoms with van der Waals surface area (Å²) in [6.45, 7) is 12.8. The summed E-state index contributed by atoms with van der Waals surface area (Å²) in [5.41, 5.74) is 6.83. The van der Waals surface area contributed by atoms with E-state index in [2.05, 4.69) is 119 Å². The average Bonchev–Trinajstić information content (AvgIpc) is 3.85. The summed E-state index contributed by atoms with van der Waals surface area (Å²) in [6, 6.07) is 37.9. The first-order valence-corrected chi connectivity index (χ1v) is 25.8. The van der Waals surface area contributed by atoms with Gasteiger partial charge in [-0.15, -0.1) is 22.7 Å². The van der Waals surface area contributed by atoms with Crippen LogP contribution in [0.3, 0.4) is 0 Å². The van der Waals surface area contributed by atoms with Crippen LogP contribution in [-0.4, -0.2) is 136 Å². The highest BCUT2D eigenvalue weighted by molar-refractivity contribution is 7.17. The smallest absolute Gasteiger partial charge is 0.339 e. The number of carbonyl (C=O) groups is 2. The summed E-state index contributed by atoms with van der Waals surface area (Å²) in [7, 11) is 4.37. The van der Waals surface area contributed by atoms with Gasteiger partial charge in [-0.1, -0.05) is 72.8 Å². The van der Waals surface area contributed by atoms with E-state index in [1.54, 1.807) is 71.2 Å². The van der Waals surface area contributed by atoms with E-state index >= 15 is 0 Å². The predicted molar refractivity (Wildman–Crippen MR) is 300 cm³/mol. The minimum atomic E-state index is -1.28. The third-order valence-electron chi connectivity index (χ3n) is 13.6. The molecule has 0 amide bonds. The van der Waals surface area contributed by atoms with Crippen LogP contribution in [0.5, 0.6) is 11.5 Å². The van der Waals surface area contributed by atoms with Gasteiger partial charge < -0.3 is 56.1 Å². The molecule has 8 N–H and O–H groups in total. The van der Waals surface area contributed by atoms with Gasteiger partial charge in [0.2, 0.25) is 0 Å². The lowest BCUT2D eigenvalue weighted by Gasteiger charge is -2.34. The fourth-order valence-corrected chi connectivity index (χ4v) is 11.5. The second-order valence-corrected chi connectivity index (χ2v) is 21.2. The Labute approximate surface area is 436 Å². The number of amidine groups is 2. The van der Waals surface area contributed by atoms with Gasteiger partial charge in [-0.3, -0.25) is 0 Å². The number of thiophene rings is 2. The third-order valence-corrected chi connectivity index (χ3v) is 15.6. The fraction of sp³-hybridized carbons (Fsp3) is 0.228. The summed E-state index contributed by atoms with van der Waals surface area (Å²) in [6.07, 6.45) is -0.0407. The molecule has 6 aromatic carbocycles. The summed E-state index contributed by atoms with van der Waals surface area (Å²) >= 11 is 3.61. The number of fused-ring (bicyclic) bond motifs is 6. The van der Waals surface area contributed by atoms with Gasteiger partial charge in [0.05, 0.1) is 33.9 Å². The molecule has 74 heavy (non-hydrogen) atoms. The lowest BCUT2D eigenvalue weighted by Crippen LogP contribution is -2.47. The molecule has 2 aromatic heterocycles. The Balaban J connectivity index is 0.000000137. The summed E-state index contributed by atoms with van der Waals surface area (Å²) in [4.78, 5) is 45.5. The molecule has 380 valence electrons. The van der Waals surface area contributed by atoms with Crippen molar-refractivity contribution in [2.75, 3.05) is 77.1 Å². The number of nitrogens with one attached hydrogen (secondary N) is 2. The molecular formula is C57H58N8O7S2. The number of para-hydroxylation sites is 4. The molecule has 4 aliphatic rings. The second kappa shape index (κ2) is 21.7. The van der Waals surface area contributed by atoms with Crippen molar-refractivity contribution in [3.8, 4) is 11.5 Å². The highest BCUT2D eigenvalue weighted by Crippen LogP contribution is 2.42. The molecule has 0 aliphatic carbocycles. The molecule has 6 heterocycles. The van der Waals surface area contributed by atoms with Gasteiger partial charge in [0.15, 0.2) is 0 Å². The molecule has 17 heteroatoms. The number of rotatable bonds is 4. The number of hydrogen-bond donors (Lipinski definition) is 6. The van der Waals surface area contributed by atoms with E-state index in [1.165, 1.54) is 43.0 Å². The van der Waals surface area contributed by atoms with Crippen molar-refractivity contribution in [1.82, 2.24) is 19.6 Å². The SMILES string of the molecule is Cc1cc2c(s1)Nc1ccccc1N=C2N1CCN(C)CC1.Cc1cc2c(s1)Nc1ccccc1N=C2N1CCN(C)CC1.O.O=C(O)c1cc2ccccc2c(Cc2c(O)c(C(=O)O)cc3ccccc23)c1O. The first-order valence-electron chi connectivity index (χ1n) is 24.2. The number of nitrogens with zero attached hydrogens (tertiary/aromatic N) is 6. The number of anilines is 4. The van der Waals surface area contributed by atoms with Gasteiger partial charge >= 0.3 is 11.9 Å². The normalized spacial score (nSPS) is 15.1. The zero-order valence-corrected chi connectivity index (χ0v) is 43.1. The number of carboxylic acids is 2. The van der Waals surface area contributed by atoms with Crippen LogP contribution in [0, 0.1) is 13.8 Å². The van der Waals surface area contributed by atoms with Crippen LogP contribution < -0.4 is 10.6 Å². The van der Waals surface area contributed by atoms with E-state index in [-0.39, 0.29) is 23.0 Å². The zero-order valence-electron chi connectivity index (χ0n) is 41.5. The van der Waals surface area contributed by atoms with Crippen LogP contribution in [0.15, 0.2) is 131 Å². The van der Waals surface area contributed by atoms with E-state index in [1.807, 2.05) is 0 Å². The first kappa shape index (κ1) is 51.1. The van der Waals surface area contributed by atoms with Crippen LogP contribution in [0.1, 0.15) is 52.7 Å². The maximum absolute atomic E-state index is 11.6. The summed E-state index contributed by atoms with van der Waals surface area (Å²) in [5, 5.41) is 52.4.